The highest BCUT2D eigenvalue weighted by Crippen LogP contribution is 2.24. The molecule has 0 unspecified atom stereocenters. The molecule has 3 aromatic rings. The predicted molar refractivity (Wildman–Crippen MR) is 69.9 cm³/mol. The summed E-state index contributed by atoms with van der Waals surface area (Å²) in [5.41, 5.74) is 3.39. The van der Waals surface area contributed by atoms with Gasteiger partial charge in [-0.25, -0.2) is 14.4 Å². The summed E-state index contributed by atoms with van der Waals surface area (Å²) >= 11 is 7.14. The lowest BCUT2D eigenvalue weighted by Crippen LogP contribution is -1.98. The quantitative estimate of drug-likeness (QED) is 0.729. The zero-order valence-corrected chi connectivity index (χ0v) is 10.5. The lowest BCUT2D eigenvalue weighted by molar-refractivity contribution is 0.619. The molecular formula is C11H6ClFN4S. The molecule has 3 rings (SSSR count). The molecule has 0 saturated carbocycles. The molecule has 0 saturated heterocycles. The summed E-state index contributed by atoms with van der Waals surface area (Å²) in [4.78, 5) is 11.5. The van der Waals surface area contributed by atoms with E-state index in [9.17, 15) is 4.39 Å². The van der Waals surface area contributed by atoms with Crippen molar-refractivity contribution in [3.8, 4) is 0 Å². The second kappa shape index (κ2) is 4.47. The Balaban J connectivity index is 1.97. The van der Waals surface area contributed by atoms with Crippen molar-refractivity contribution in [3.05, 3.63) is 41.0 Å². The van der Waals surface area contributed by atoms with E-state index in [1.807, 2.05) is 12.1 Å². The van der Waals surface area contributed by atoms with Crippen LogP contribution in [0, 0.1) is 5.82 Å². The van der Waals surface area contributed by atoms with Crippen molar-refractivity contribution in [2.75, 3.05) is 5.32 Å². The summed E-state index contributed by atoms with van der Waals surface area (Å²) in [7, 11) is 0. The number of benzene rings is 1. The molecule has 0 aliphatic heterocycles. The minimum atomic E-state index is -0.552. The number of anilines is 2. The molecule has 7 heteroatoms. The molecule has 0 radical (unpaired) electrons. The van der Waals surface area contributed by atoms with Crippen LogP contribution in [0.25, 0.3) is 10.2 Å². The summed E-state index contributed by atoms with van der Waals surface area (Å²) in [5, 5.41) is 2.86. The standard InChI is InChI=1S/C11H6ClFN4S/c12-11-14-4-7(13)10(17-11)16-6-1-2-8-9(3-6)18-5-15-8/h1-5H,(H,14,16,17). The van der Waals surface area contributed by atoms with Gasteiger partial charge in [0.2, 0.25) is 5.28 Å². The van der Waals surface area contributed by atoms with Gasteiger partial charge in [-0.3, -0.25) is 0 Å². The van der Waals surface area contributed by atoms with Gasteiger partial charge in [-0.15, -0.1) is 11.3 Å². The van der Waals surface area contributed by atoms with Crippen LogP contribution in [0.15, 0.2) is 29.9 Å². The van der Waals surface area contributed by atoms with Crippen LogP contribution in [0.2, 0.25) is 5.28 Å². The third kappa shape index (κ3) is 2.12. The maximum atomic E-state index is 13.5. The first-order valence-electron chi connectivity index (χ1n) is 5.01. The Morgan fingerprint density at radius 3 is 3.06 bits per heavy atom. The molecule has 1 N–H and O–H groups in total. The highest BCUT2D eigenvalue weighted by atomic mass is 35.5. The monoisotopic (exact) mass is 280 g/mol. The van der Waals surface area contributed by atoms with Crippen LogP contribution in [-0.4, -0.2) is 15.0 Å². The molecule has 0 amide bonds. The number of hydrogen-bond acceptors (Lipinski definition) is 5. The molecule has 1 aromatic carbocycles. The lowest BCUT2D eigenvalue weighted by Gasteiger charge is -2.06. The highest BCUT2D eigenvalue weighted by molar-refractivity contribution is 7.16. The van der Waals surface area contributed by atoms with Crippen molar-refractivity contribution in [3.63, 3.8) is 0 Å². The van der Waals surface area contributed by atoms with Crippen LogP contribution >= 0.6 is 22.9 Å². The molecule has 0 bridgehead atoms. The largest absolute Gasteiger partial charge is 0.338 e. The van der Waals surface area contributed by atoms with Gasteiger partial charge in [0.25, 0.3) is 0 Å². The Hall–Kier alpha value is -1.79. The molecule has 90 valence electrons. The van der Waals surface area contributed by atoms with E-state index >= 15 is 0 Å². The van der Waals surface area contributed by atoms with Gasteiger partial charge < -0.3 is 5.32 Å². The van der Waals surface area contributed by atoms with Crippen LogP contribution in [0.4, 0.5) is 15.9 Å². The number of halogens is 2. The number of fused-ring (bicyclic) bond motifs is 1. The maximum absolute atomic E-state index is 13.5. The Morgan fingerprint density at radius 1 is 1.28 bits per heavy atom. The Bertz CT molecular complexity index is 715. The number of nitrogens with one attached hydrogen (secondary N) is 1. The molecule has 4 nitrogen and oxygen atoms in total. The summed E-state index contributed by atoms with van der Waals surface area (Å²) in [5.74, 6) is -0.498. The van der Waals surface area contributed by atoms with Crippen molar-refractivity contribution in [2.45, 2.75) is 0 Å². The molecule has 2 aromatic heterocycles. The number of aromatic nitrogens is 3. The fraction of sp³-hybridized carbons (Fsp3) is 0. The van der Waals surface area contributed by atoms with Crippen molar-refractivity contribution in [1.29, 1.82) is 0 Å². The topological polar surface area (TPSA) is 50.7 Å². The third-order valence-electron chi connectivity index (χ3n) is 2.31. The zero-order valence-electron chi connectivity index (χ0n) is 8.89. The second-order valence-electron chi connectivity index (χ2n) is 3.50. The third-order valence-corrected chi connectivity index (χ3v) is 3.28. The number of thiazole rings is 1. The molecule has 18 heavy (non-hydrogen) atoms. The number of rotatable bonds is 2. The first-order chi connectivity index (χ1) is 8.72. The smallest absolute Gasteiger partial charge is 0.224 e. The van der Waals surface area contributed by atoms with E-state index in [2.05, 4.69) is 20.3 Å². The van der Waals surface area contributed by atoms with Gasteiger partial charge in [-0.1, -0.05) is 0 Å². The van der Waals surface area contributed by atoms with Crippen LogP contribution in [0.3, 0.4) is 0 Å². The summed E-state index contributed by atoms with van der Waals surface area (Å²) in [6.45, 7) is 0. The molecule has 0 aliphatic rings. The normalized spacial score (nSPS) is 10.8. The first kappa shape index (κ1) is 11.3. The minimum absolute atomic E-state index is 0.00207. The zero-order chi connectivity index (χ0) is 12.5. The lowest BCUT2D eigenvalue weighted by atomic mass is 10.3. The van der Waals surface area contributed by atoms with E-state index in [1.165, 1.54) is 11.3 Å². The van der Waals surface area contributed by atoms with E-state index in [0.717, 1.165) is 22.1 Å². The van der Waals surface area contributed by atoms with Gasteiger partial charge in [-0.2, -0.15) is 4.98 Å². The maximum Gasteiger partial charge on any atom is 0.224 e. The SMILES string of the molecule is Fc1cnc(Cl)nc1Nc1ccc2ncsc2c1. The molecule has 2 heterocycles. The molecule has 0 spiro atoms. The van der Waals surface area contributed by atoms with Gasteiger partial charge in [-0.05, 0) is 29.8 Å². The van der Waals surface area contributed by atoms with Crippen molar-refractivity contribution in [1.82, 2.24) is 15.0 Å². The van der Waals surface area contributed by atoms with Crippen LogP contribution in [-0.2, 0) is 0 Å². The second-order valence-corrected chi connectivity index (χ2v) is 4.72. The number of nitrogens with zero attached hydrogens (tertiary/aromatic N) is 3. The van der Waals surface area contributed by atoms with Gasteiger partial charge in [0.1, 0.15) is 0 Å². The summed E-state index contributed by atoms with van der Waals surface area (Å²) in [6.07, 6.45) is 1.03. The Labute approximate surface area is 110 Å². The average molecular weight is 281 g/mol. The van der Waals surface area contributed by atoms with E-state index in [4.69, 9.17) is 11.6 Å². The molecular weight excluding hydrogens is 275 g/mol. The van der Waals surface area contributed by atoms with E-state index in [-0.39, 0.29) is 11.1 Å². The Morgan fingerprint density at radius 2 is 2.17 bits per heavy atom. The van der Waals surface area contributed by atoms with E-state index in [1.54, 1.807) is 11.6 Å². The molecule has 0 fully saturated rings. The first-order valence-corrected chi connectivity index (χ1v) is 6.26. The number of hydrogen-bond donors (Lipinski definition) is 1. The van der Waals surface area contributed by atoms with Gasteiger partial charge in [0.05, 0.1) is 21.9 Å². The fourth-order valence-electron chi connectivity index (χ4n) is 1.50. The van der Waals surface area contributed by atoms with Crippen molar-refractivity contribution >= 4 is 44.7 Å². The summed E-state index contributed by atoms with van der Waals surface area (Å²) < 4.78 is 14.5. The van der Waals surface area contributed by atoms with Crippen LogP contribution in [0.1, 0.15) is 0 Å². The van der Waals surface area contributed by atoms with Crippen LogP contribution in [0.5, 0.6) is 0 Å². The van der Waals surface area contributed by atoms with Gasteiger partial charge in [0, 0.05) is 5.69 Å². The fourth-order valence-corrected chi connectivity index (χ4v) is 2.35. The van der Waals surface area contributed by atoms with E-state index in [0.29, 0.717) is 0 Å². The average Bonchev–Trinajstić information content (AvgIpc) is 2.81. The molecule has 0 aliphatic carbocycles. The minimum Gasteiger partial charge on any atom is -0.338 e. The van der Waals surface area contributed by atoms with Gasteiger partial charge >= 0.3 is 0 Å². The Kier molecular flexibility index (Phi) is 2.81. The van der Waals surface area contributed by atoms with Crippen molar-refractivity contribution in [2.24, 2.45) is 0 Å². The highest BCUT2D eigenvalue weighted by Gasteiger charge is 2.07. The van der Waals surface area contributed by atoms with E-state index < -0.39 is 5.82 Å². The van der Waals surface area contributed by atoms with Crippen molar-refractivity contribution < 1.29 is 4.39 Å². The van der Waals surface area contributed by atoms with Crippen LogP contribution < -0.4 is 5.32 Å². The predicted octanol–water partition coefficient (Wildman–Crippen LogP) is 3.62. The molecule has 0 atom stereocenters. The van der Waals surface area contributed by atoms with Gasteiger partial charge in [0.15, 0.2) is 11.6 Å². The summed E-state index contributed by atoms with van der Waals surface area (Å²) in [6, 6.07) is 5.54.